The highest BCUT2D eigenvalue weighted by molar-refractivity contribution is 6.08. The molecule has 5 nitrogen and oxygen atoms in total. The fourth-order valence-electron chi connectivity index (χ4n) is 2.04. The smallest absolute Gasteiger partial charge is 0.250 e. The van der Waals surface area contributed by atoms with Gasteiger partial charge in [0.2, 0.25) is 5.78 Å². The normalized spacial score (nSPS) is 11.2. The van der Waals surface area contributed by atoms with Gasteiger partial charge in [-0.2, -0.15) is 9.90 Å². The number of hydrogen-bond donors (Lipinski definition) is 0. The molecule has 0 aliphatic heterocycles. The molecule has 1 aromatic carbocycles. The first kappa shape index (κ1) is 13.4. The number of rotatable bonds is 3. The molecule has 0 saturated heterocycles. The Bertz CT molecular complexity index is 812. The minimum atomic E-state index is -1.02. The number of halogens is 2. The molecule has 2 heterocycles. The van der Waals surface area contributed by atoms with Crippen LogP contribution in [0.25, 0.3) is 11.0 Å². The van der Waals surface area contributed by atoms with E-state index in [2.05, 4.69) is 10.2 Å². The molecule has 0 spiro atoms. The van der Waals surface area contributed by atoms with E-state index in [9.17, 15) is 13.6 Å². The zero-order valence-electron chi connectivity index (χ0n) is 11.4. The van der Waals surface area contributed by atoms with E-state index in [1.54, 1.807) is 6.92 Å². The van der Waals surface area contributed by atoms with Gasteiger partial charge in [0.25, 0.3) is 0 Å². The molecule has 2 aromatic heterocycles. The number of carbonyl (C=O) groups excluding carboxylic acids is 1. The summed E-state index contributed by atoms with van der Waals surface area (Å²) in [5.41, 5.74) is 0.745. The summed E-state index contributed by atoms with van der Waals surface area (Å²) in [6.07, 6.45) is 0. The Labute approximate surface area is 118 Å². The summed E-state index contributed by atoms with van der Waals surface area (Å²) in [4.78, 5) is 13.7. The van der Waals surface area contributed by atoms with Crippen LogP contribution in [0.4, 0.5) is 8.78 Å². The van der Waals surface area contributed by atoms with Crippen LogP contribution in [0, 0.1) is 18.6 Å². The summed E-state index contributed by atoms with van der Waals surface area (Å²) in [6, 6.07) is 3.27. The zero-order valence-corrected chi connectivity index (χ0v) is 11.4. The van der Waals surface area contributed by atoms with Gasteiger partial charge >= 0.3 is 0 Å². The van der Waals surface area contributed by atoms with E-state index in [-0.39, 0.29) is 17.0 Å². The van der Waals surface area contributed by atoms with Gasteiger partial charge in [0, 0.05) is 11.5 Å². The van der Waals surface area contributed by atoms with Gasteiger partial charge in [-0.05, 0) is 26.0 Å². The molecular formula is C14H11F2N3O2. The molecule has 0 aliphatic carbocycles. The maximum absolute atomic E-state index is 13.2. The van der Waals surface area contributed by atoms with Crippen molar-refractivity contribution in [3.8, 4) is 0 Å². The van der Waals surface area contributed by atoms with Crippen LogP contribution in [-0.4, -0.2) is 20.8 Å². The average Bonchev–Trinajstić information content (AvgIpc) is 3.02. The molecule has 0 fully saturated rings. The van der Waals surface area contributed by atoms with Crippen molar-refractivity contribution in [2.45, 2.75) is 20.4 Å². The van der Waals surface area contributed by atoms with Crippen molar-refractivity contribution < 1.29 is 18.0 Å². The van der Waals surface area contributed by atoms with Crippen LogP contribution in [0.1, 0.15) is 28.9 Å². The predicted octanol–water partition coefficient (Wildman–Crippen LogP) is 2.86. The van der Waals surface area contributed by atoms with Crippen LogP contribution in [0.15, 0.2) is 22.6 Å². The minimum absolute atomic E-state index is 0.0266. The van der Waals surface area contributed by atoms with Crippen LogP contribution >= 0.6 is 0 Å². The Hall–Kier alpha value is -2.57. The Kier molecular flexibility index (Phi) is 3.04. The van der Waals surface area contributed by atoms with Gasteiger partial charge in [0.1, 0.15) is 5.58 Å². The summed E-state index contributed by atoms with van der Waals surface area (Å²) in [7, 11) is 0. The van der Waals surface area contributed by atoms with E-state index >= 15 is 0 Å². The van der Waals surface area contributed by atoms with Gasteiger partial charge < -0.3 is 4.42 Å². The molecule has 0 radical (unpaired) electrons. The molecule has 0 bridgehead atoms. The second-order valence-corrected chi connectivity index (χ2v) is 4.57. The second kappa shape index (κ2) is 4.76. The standard InChI is InChI=1S/C14H11F2N3O2/c1-3-19-17-7(2)13(18-19)14(20)12-5-8-4-9(15)10(16)6-11(8)21-12/h4-6H,3H2,1-2H3. The number of hydrogen-bond acceptors (Lipinski definition) is 4. The molecule has 7 heteroatoms. The fraction of sp³-hybridized carbons (Fsp3) is 0.214. The number of ketones is 1. The molecular weight excluding hydrogens is 280 g/mol. The molecule has 0 amide bonds. The number of carbonyl (C=O) groups is 1. The quantitative estimate of drug-likeness (QED) is 0.696. The van der Waals surface area contributed by atoms with Crippen LogP contribution < -0.4 is 0 Å². The Morgan fingerprint density at radius 2 is 1.95 bits per heavy atom. The maximum Gasteiger partial charge on any atom is 0.250 e. The number of aryl methyl sites for hydroxylation is 2. The van der Waals surface area contributed by atoms with E-state index in [0.717, 1.165) is 12.1 Å². The lowest BCUT2D eigenvalue weighted by Crippen LogP contribution is -2.04. The van der Waals surface area contributed by atoms with Crippen LogP contribution in [0.2, 0.25) is 0 Å². The van der Waals surface area contributed by atoms with E-state index in [4.69, 9.17) is 4.42 Å². The summed E-state index contributed by atoms with van der Waals surface area (Å²) in [5.74, 6) is -2.51. The minimum Gasteiger partial charge on any atom is -0.452 e. The number of fused-ring (bicyclic) bond motifs is 1. The lowest BCUT2D eigenvalue weighted by atomic mass is 10.2. The molecule has 21 heavy (non-hydrogen) atoms. The van der Waals surface area contributed by atoms with E-state index in [0.29, 0.717) is 17.6 Å². The average molecular weight is 291 g/mol. The third-order valence-electron chi connectivity index (χ3n) is 3.10. The Morgan fingerprint density at radius 3 is 2.62 bits per heavy atom. The van der Waals surface area contributed by atoms with Crippen molar-refractivity contribution in [3.05, 3.63) is 47.0 Å². The maximum atomic E-state index is 13.2. The van der Waals surface area contributed by atoms with E-state index < -0.39 is 17.4 Å². The summed E-state index contributed by atoms with van der Waals surface area (Å²) in [6.45, 7) is 4.04. The van der Waals surface area contributed by atoms with E-state index in [1.807, 2.05) is 6.92 Å². The van der Waals surface area contributed by atoms with Gasteiger partial charge in [-0.1, -0.05) is 0 Å². The molecule has 0 N–H and O–H groups in total. The molecule has 0 atom stereocenters. The van der Waals surface area contributed by atoms with Gasteiger partial charge in [0.15, 0.2) is 23.1 Å². The molecule has 0 saturated carbocycles. The molecule has 108 valence electrons. The molecule has 0 unspecified atom stereocenters. The predicted molar refractivity (Wildman–Crippen MR) is 70.0 cm³/mol. The Balaban J connectivity index is 2.07. The van der Waals surface area contributed by atoms with Gasteiger partial charge in [0.05, 0.1) is 12.2 Å². The van der Waals surface area contributed by atoms with Crippen molar-refractivity contribution in [1.82, 2.24) is 15.0 Å². The number of aromatic nitrogens is 3. The first-order valence-corrected chi connectivity index (χ1v) is 6.34. The van der Waals surface area contributed by atoms with Crippen molar-refractivity contribution in [2.24, 2.45) is 0 Å². The molecule has 3 rings (SSSR count). The third-order valence-corrected chi connectivity index (χ3v) is 3.10. The fourth-order valence-corrected chi connectivity index (χ4v) is 2.04. The lowest BCUT2D eigenvalue weighted by molar-refractivity contribution is 0.100. The SMILES string of the molecule is CCn1nc(C)c(C(=O)c2cc3cc(F)c(F)cc3o2)n1. The third kappa shape index (κ3) is 2.20. The van der Waals surface area contributed by atoms with Gasteiger partial charge in [-0.25, -0.2) is 8.78 Å². The van der Waals surface area contributed by atoms with Gasteiger partial charge in [-0.15, -0.1) is 5.10 Å². The number of benzene rings is 1. The number of nitrogens with zero attached hydrogens (tertiary/aromatic N) is 3. The van der Waals surface area contributed by atoms with Crippen molar-refractivity contribution >= 4 is 16.8 Å². The first-order valence-electron chi connectivity index (χ1n) is 6.34. The topological polar surface area (TPSA) is 60.9 Å². The largest absolute Gasteiger partial charge is 0.452 e. The summed E-state index contributed by atoms with van der Waals surface area (Å²) >= 11 is 0. The van der Waals surface area contributed by atoms with Crippen molar-refractivity contribution in [1.29, 1.82) is 0 Å². The van der Waals surface area contributed by atoms with Crippen LogP contribution in [-0.2, 0) is 6.54 Å². The highest BCUT2D eigenvalue weighted by Crippen LogP contribution is 2.24. The highest BCUT2D eigenvalue weighted by atomic mass is 19.2. The molecule has 3 aromatic rings. The second-order valence-electron chi connectivity index (χ2n) is 4.57. The number of furan rings is 1. The van der Waals surface area contributed by atoms with Crippen LogP contribution in [0.5, 0.6) is 0 Å². The Morgan fingerprint density at radius 1 is 1.24 bits per heavy atom. The summed E-state index contributed by atoms with van der Waals surface area (Å²) < 4.78 is 31.6. The summed E-state index contributed by atoms with van der Waals surface area (Å²) in [5, 5.41) is 8.46. The highest BCUT2D eigenvalue weighted by Gasteiger charge is 2.21. The van der Waals surface area contributed by atoms with Crippen molar-refractivity contribution in [2.75, 3.05) is 0 Å². The van der Waals surface area contributed by atoms with E-state index in [1.165, 1.54) is 10.9 Å². The van der Waals surface area contributed by atoms with Gasteiger partial charge in [-0.3, -0.25) is 4.79 Å². The molecule has 0 aliphatic rings. The van der Waals surface area contributed by atoms with Crippen LogP contribution in [0.3, 0.4) is 0 Å². The lowest BCUT2D eigenvalue weighted by Gasteiger charge is -1.92. The van der Waals surface area contributed by atoms with Crippen molar-refractivity contribution in [3.63, 3.8) is 0 Å². The first-order chi connectivity index (χ1) is 9.99. The monoisotopic (exact) mass is 291 g/mol. The zero-order chi connectivity index (χ0) is 15.1.